The molecule has 0 aliphatic carbocycles. The van der Waals surface area contributed by atoms with Gasteiger partial charge in [0.05, 0.1) is 0 Å². The molecule has 0 aliphatic heterocycles. The van der Waals surface area contributed by atoms with E-state index in [9.17, 15) is 0 Å². The average molecular weight is 221 g/mol. The van der Waals surface area contributed by atoms with Crippen LogP contribution in [0.2, 0.25) is 0 Å². The number of terminal acetylenes is 1. The third-order valence-corrected chi connectivity index (χ3v) is 2.05. The van der Waals surface area contributed by atoms with Gasteiger partial charge < -0.3 is 0 Å². The first kappa shape index (κ1) is 8.29. The molecule has 0 saturated carbocycles. The van der Waals surface area contributed by atoms with E-state index in [1.807, 2.05) is 0 Å². The molecular formula is C7H10I. The van der Waals surface area contributed by atoms with E-state index in [-0.39, 0.29) is 0 Å². The lowest BCUT2D eigenvalue weighted by atomic mass is 10.1. The summed E-state index contributed by atoms with van der Waals surface area (Å²) in [7, 11) is 0. The van der Waals surface area contributed by atoms with Crippen molar-refractivity contribution in [1.29, 1.82) is 0 Å². The van der Waals surface area contributed by atoms with Crippen LogP contribution in [-0.4, -0.2) is 3.92 Å². The van der Waals surface area contributed by atoms with Gasteiger partial charge in [-0.2, -0.15) is 0 Å². The van der Waals surface area contributed by atoms with Crippen LogP contribution in [0.5, 0.6) is 0 Å². The SMILES string of the molecule is C#CCC([CH2])C(C)I. The predicted octanol–water partition coefficient (Wildman–Crippen LogP) is 2.28. The Morgan fingerprint density at radius 2 is 2.38 bits per heavy atom. The van der Waals surface area contributed by atoms with Crippen LogP contribution < -0.4 is 0 Å². The molecule has 0 aromatic rings. The maximum absolute atomic E-state index is 5.07. The summed E-state index contributed by atoms with van der Waals surface area (Å²) in [5.41, 5.74) is 0. The van der Waals surface area contributed by atoms with Gasteiger partial charge in [0.2, 0.25) is 0 Å². The Morgan fingerprint density at radius 1 is 1.88 bits per heavy atom. The van der Waals surface area contributed by atoms with Crippen LogP contribution in [0.3, 0.4) is 0 Å². The first-order valence-corrected chi connectivity index (χ1v) is 3.83. The molecule has 2 unspecified atom stereocenters. The number of halogens is 1. The Balaban J connectivity index is 3.35. The molecular weight excluding hydrogens is 211 g/mol. The molecule has 0 heterocycles. The fraction of sp³-hybridized carbons (Fsp3) is 0.571. The van der Waals surface area contributed by atoms with Crippen molar-refractivity contribution in [2.75, 3.05) is 0 Å². The van der Waals surface area contributed by atoms with Gasteiger partial charge in [0, 0.05) is 10.3 Å². The Labute approximate surface area is 65.2 Å². The highest BCUT2D eigenvalue weighted by Crippen LogP contribution is 2.14. The van der Waals surface area contributed by atoms with Crippen molar-refractivity contribution in [3.63, 3.8) is 0 Å². The lowest BCUT2D eigenvalue weighted by Crippen LogP contribution is -2.04. The van der Waals surface area contributed by atoms with Gasteiger partial charge in [-0.05, 0) is 12.8 Å². The molecule has 0 saturated heterocycles. The molecule has 0 rings (SSSR count). The smallest absolute Gasteiger partial charge is 0.0124 e. The minimum Gasteiger partial charge on any atom is -0.120 e. The van der Waals surface area contributed by atoms with Crippen molar-refractivity contribution in [2.45, 2.75) is 17.3 Å². The monoisotopic (exact) mass is 221 g/mol. The minimum absolute atomic E-state index is 0.417. The third-order valence-electron chi connectivity index (χ3n) is 1.03. The Bertz CT molecular complexity index is 89.1. The van der Waals surface area contributed by atoms with Gasteiger partial charge in [0.1, 0.15) is 0 Å². The van der Waals surface area contributed by atoms with Crippen molar-refractivity contribution in [3.8, 4) is 12.3 Å². The number of hydrogen-bond donors (Lipinski definition) is 0. The highest BCUT2D eigenvalue weighted by Gasteiger charge is 2.04. The number of hydrogen-bond acceptors (Lipinski definition) is 0. The van der Waals surface area contributed by atoms with Gasteiger partial charge in [0.15, 0.2) is 0 Å². The molecule has 0 fully saturated rings. The molecule has 0 aromatic carbocycles. The van der Waals surface area contributed by atoms with Gasteiger partial charge in [-0.25, -0.2) is 0 Å². The summed E-state index contributed by atoms with van der Waals surface area (Å²) in [5, 5.41) is 0. The topological polar surface area (TPSA) is 0 Å². The summed E-state index contributed by atoms with van der Waals surface area (Å²) in [6.07, 6.45) is 5.87. The van der Waals surface area contributed by atoms with Gasteiger partial charge >= 0.3 is 0 Å². The van der Waals surface area contributed by atoms with E-state index in [4.69, 9.17) is 6.42 Å². The van der Waals surface area contributed by atoms with Crippen molar-refractivity contribution >= 4 is 22.6 Å². The molecule has 2 atom stereocenters. The molecule has 8 heavy (non-hydrogen) atoms. The summed E-state index contributed by atoms with van der Waals surface area (Å²) in [5.74, 6) is 3.00. The number of rotatable bonds is 2. The maximum Gasteiger partial charge on any atom is 0.0124 e. The molecule has 0 aromatic heterocycles. The number of alkyl halides is 1. The van der Waals surface area contributed by atoms with Crippen molar-refractivity contribution in [2.24, 2.45) is 5.92 Å². The second-order valence-corrected chi connectivity index (χ2v) is 3.81. The second kappa shape index (κ2) is 4.20. The van der Waals surface area contributed by atoms with E-state index in [0.29, 0.717) is 9.84 Å². The van der Waals surface area contributed by atoms with Gasteiger partial charge in [-0.3, -0.25) is 0 Å². The quantitative estimate of drug-likeness (QED) is 0.381. The fourth-order valence-electron chi connectivity index (χ4n) is 0.314. The Kier molecular flexibility index (Phi) is 4.35. The molecule has 0 nitrogen and oxygen atoms in total. The molecule has 1 heteroatoms. The largest absolute Gasteiger partial charge is 0.120 e. The summed E-state index contributed by atoms with van der Waals surface area (Å²) >= 11 is 2.33. The standard InChI is InChI=1S/C7H10I/c1-4-5-6(2)7(3)8/h1,6-7H,2,5H2,3H3. The molecule has 0 bridgehead atoms. The molecule has 0 N–H and O–H groups in total. The first-order valence-electron chi connectivity index (χ1n) is 2.59. The van der Waals surface area contributed by atoms with Gasteiger partial charge in [-0.15, -0.1) is 12.3 Å². The fourth-order valence-corrected chi connectivity index (χ4v) is 0.568. The van der Waals surface area contributed by atoms with Crippen LogP contribution in [0, 0.1) is 25.2 Å². The van der Waals surface area contributed by atoms with E-state index in [1.54, 1.807) is 0 Å². The van der Waals surface area contributed by atoms with Crippen LogP contribution in [0.15, 0.2) is 0 Å². The van der Waals surface area contributed by atoms with Crippen LogP contribution in [0.25, 0.3) is 0 Å². The summed E-state index contributed by atoms with van der Waals surface area (Å²) in [6.45, 7) is 6.00. The predicted molar refractivity (Wildman–Crippen MR) is 45.8 cm³/mol. The zero-order valence-corrected chi connectivity index (χ0v) is 7.18. The van der Waals surface area contributed by atoms with E-state index >= 15 is 0 Å². The van der Waals surface area contributed by atoms with E-state index in [1.165, 1.54) is 0 Å². The summed E-state index contributed by atoms with van der Waals surface area (Å²) < 4.78 is 0.587. The first-order chi connectivity index (χ1) is 3.68. The van der Waals surface area contributed by atoms with Crippen molar-refractivity contribution in [1.82, 2.24) is 0 Å². The molecule has 45 valence electrons. The van der Waals surface area contributed by atoms with E-state index in [0.717, 1.165) is 6.42 Å². The lowest BCUT2D eigenvalue weighted by Gasteiger charge is -2.08. The van der Waals surface area contributed by atoms with Crippen LogP contribution in [-0.2, 0) is 0 Å². The van der Waals surface area contributed by atoms with Gasteiger partial charge in [-0.1, -0.05) is 29.5 Å². The summed E-state index contributed by atoms with van der Waals surface area (Å²) in [4.78, 5) is 0. The second-order valence-electron chi connectivity index (χ2n) is 1.85. The van der Waals surface area contributed by atoms with Crippen LogP contribution in [0.4, 0.5) is 0 Å². The highest BCUT2D eigenvalue weighted by atomic mass is 127. The molecule has 1 radical (unpaired) electrons. The van der Waals surface area contributed by atoms with Crippen molar-refractivity contribution in [3.05, 3.63) is 6.92 Å². The lowest BCUT2D eigenvalue weighted by molar-refractivity contribution is 0.679. The molecule has 0 spiro atoms. The zero-order chi connectivity index (χ0) is 6.57. The molecule has 0 amide bonds. The average Bonchev–Trinajstić information content (AvgIpc) is 1.67. The maximum atomic E-state index is 5.07. The highest BCUT2D eigenvalue weighted by molar-refractivity contribution is 14.1. The molecule has 0 aliphatic rings. The summed E-state index contributed by atoms with van der Waals surface area (Å²) in [6, 6.07) is 0. The Morgan fingerprint density at radius 3 is 2.50 bits per heavy atom. The van der Waals surface area contributed by atoms with E-state index < -0.39 is 0 Å². The minimum atomic E-state index is 0.417. The normalized spacial score (nSPS) is 16.8. The zero-order valence-electron chi connectivity index (χ0n) is 5.02. The van der Waals surface area contributed by atoms with E-state index in [2.05, 4.69) is 42.4 Å². The van der Waals surface area contributed by atoms with Crippen LogP contribution in [0.1, 0.15) is 13.3 Å². The third kappa shape index (κ3) is 3.31. The van der Waals surface area contributed by atoms with Gasteiger partial charge in [0.25, 0.3) is 0 Å². The van der Waals surface area contributed by atoms with Crippen LogP contribution >= 0.6 is 22.6 Å². The van der Waals surface area contributed by atoms with Crippen molar-refractivity contribution < 1.29 is 0 Å². The Hall–Kier alpha value is 0.290.